The summed E-state index contributed by atoms with van der Waals surface area (Å²) in [5, 5.41) is 16.0. The fourth-order valence-corrected chi connectivity index (χ4v) is 2.74. The molecular weight excluding hydrogens is 368 g/mol. The molecule has 0 aliphatic heterocycles. The SMILES string of the molecule is COc1ccc(Cl)cc1NC(=O)NC[C@H](O)c1ccc(-c2ccco2)cc1. The van der Waals surface area contributed by atoms with Crippen LogP contribution in [0.25, 0.3) is 11.3 Å². The Kier molecular flexibility index (Phi) is 6.01. The number of hydrogen-bond donors (Lipinski definition) is 3. The number of urea groups is 1. The van der Waals surface area contributed by atoms with Crippen molar-refractivity contribution in [1.29, 1.82) is 0 Å². The lowest BCUT2D eigenvalue weighted by Crippen LogP contribution is -2.32. The second-order valence-electron chi connectivity index (χ2n) is 5.79. The van der Waals surface area contributed by atoms with Gasteiger partial charge in [-0.1, -0.05) is 35.9 Å². The van der Waals surface area contributed by atoms with Crippen LogP contribution in [0.5, 0.6) is 5.75 Å². The van der Waals surface area contributed by atoms with Gasteiger partial charge in [0.15, 0.2) is 0 Å². The molecule has 0 radical (unpaired) electrons. The van der Waals surface area contributed by atoms with Crippen molar-refractivity contribution in [2.45, 2.75) is 6.10 Å². The van der Waals surface area contributed by atoms with Crippen LogP contribution in [0, 0.1) is 0 Å². The van der Waals surface area contributed by atoms with Gasteiger partial charge in [0.2, 0.25) is 0 Å². The zero-order valence-electron chi connectivity index (χ0n) is 14.6. The molecule has 6 nitrogen and oxygen atoms in total. The number of methoxy groups -OCH3 is 1. The van der Waals surface area contributed by atoms with Gasteiger partial charge in [-0.2, -0.15) is 0 Å². The summed E-state index contributed by atoms with van der Waals surface area (Å²) in [4.78, 5) is 12.1. The van der Waals surface area contributed by atoms with Crippen LogP contribution in [0.2, 0.25) is 5.02 Å². The number of benzene rings is 2. The van der Waals surface area contributed by atoms with Crippen molar-refractivity contribution in [1.82, 2.24) is 5.32 Å². The second-order valence-corrected chi connectivity index (χ2v) is 6.23. The van der Waals surface area contributed by atoms with Gasteiger partial charge in [-0.3, -0.25) is 0 Å². The number of carbonyl (C=O) groups excluding carboxylic acids is 1. The van der Waals surface area contributed by atoms with Crippen LogP contribution in [0.4, 0.5) is 10.5 Å². The molecule has 3 aromatic rings. The summed E-state index contributed by atoms with van der Waals surface area (Å²) in [7, 11) is 1.50. The standard InChI is InChI=1S/C20H19ClN2O4/c1-26-19-9-8-15(21)11-16(19)23-20(25)22-12-17(24)13-4-6-14(7-5-13)18-3-2-10-27-18/h2-11,17,24H,12H2,1H3,(H2,22,23,25)/t17-/m0/s1. The number of hydrogen-bond acceptors (Lipinski definition) is 4. The lowest BCUT2D eigenvalue weighted by Gasteiger charge is -2.14. The van der Waals surface area contributed by atoms with Crippen molar-refractivity contribution in [2.75, 3.05) is 19.0 Å². The molecule has 1 atom stereocenters. The molecule has 140 valence electrons. The predicted octanol–water partition coefficient (Wildman–Crippen LogP) is 4.46. The van der Waals surface area contributed by atoms with E-state index in [2.05, 4.69) is 10.6 Å². The highest BCUT2D eigenvalue weighted by Crippen LogP contribution is 2.27. The molecule has 0 saturated carbocycles. The maximum Gasteiger partial charge on any atom is 0.319 e. The number of aliphatic hydroxyl groups excluding tert-OH is 1. The predicted molar refractivity (Wildman–Crippen MR) is 104 cm³/mol. The molecule has 1 heterocycles. The van der Waals surface area contributed by atoms with Crippen molar-refractivity contribution in [3.63, 3.8) is 0 Å². The molecule has 0 unspecified atom stereocenters. The minimum absolute atomic E-state index is 0.0504. The summed E-state index contributed by atoms with van der Waals surface area (Å²) in [6.45, 7) is 0.0504. The van der Waals surface area contributed by atoms with E-state index in [1.807, 2.05) is 24.3 Å². The van der Waals surface area contributed by atoms with E-state index < -0.39 is 12.1 Å². The Balaban J connectivity index is 1.56. The van der Waals surface area contributed by atoms with Crippen molar-refractivity contribution in [3.8, 4) is 17.1 Å². The Morgan fingerprint density at radius 1 is 1.22 bits per heavy atom. The first kappa shape index (κ1) is 18.8. The summed E-state index contributed by atoms with van der Waals surface area (Å²) in [5.74, 6) is 1.24. The van der Waals surface area contributed by atoms with Gasteiger partial charge in [0.25, 0.3) is 0 Å². The molecule has 3 rings (SSSR count). The lowest BCUT2D eigenvalue weighted by molar-refractivity contribution is 0.175. The number of anilines is 1. The van der Waals surface area contributed by atoms with Gasteiger partial charge >= 0.3 is 6.03 Å². The number of carbonyl (C=O) groups is 1. The number of nitrogens with one attached hydrogen (secondary N) is 2. The van der Waals surface area contributed by atoms with Gasteiger partial charge in [0.05, 0.1) is 25.2 Å². The molecule has 7 heteroatoms. The van der Waals surface area contributed by atoms with Crippen LogP contribution in [0.15, 0.2) is 65.3 Å². The second kappa shape index (κ2) is 8.62. The van der Waals surface area contributed by atoms with Crippen molar-refractivity contribution in [3.05, 3.63) is 71.4 Å². The number of rotatable bonds is 6. The largest absolute Gasteiger partial charge is 0.495 e. The van der Waals surface area contributed by atoms with Crippen LogP contribution in [-0.4, -0.2) is 24.8 Å². The van der Waals surface area contributed by atoms with Crippen LogP contribution in [0.1, 0.15) is 11.7 Å². The molecule has 27 heavy (non-hydrogen) atoms. The monoisotopic (exact) mass is 386 g/mol. The molecule has 0 fully saturated rings. The third kappa shape index (κ3) is 4.81. The smallest absolute Gasteiger partial charge is 0.319 e. The molecule has 1 aromatic heterocycles. The third-order valence-electron chi connectivity index (χ3n) is 3.97. The summed E-state index contributed by atoms with van der Waals surface area (Å²) < 4.78 is 10.5. The van der Waals surface area contributed by atoms with Crippen molar-refractivity contribution >= 4 is 23.3 Å². The summed E-state index contributed by atoms with van der Waals surface area (Å²) >= 11 is 5.94. The molecule has 2 amide bonds. The first-order valence-electron chi connectivity index (χ1n) is 8.27. The van der Waals surface area contributed by atoms with E-state index in [9.17, 15) is 9.90 Å². The number of aliphatic hydroxyl groups is 1. The quantitative estimate of drug-likeness (QED) is 0.583. The highest BCUT2D eigenvalue weighted by molar-refractivity contribution is 6.31. The van der Waals surface area contributed by atoms with Gasteiger partial charge < -0.3 is 24.9 Å². The number of ether oxygens (including phenoxy) is 1. The minimum atomic E-state index is -0.845. The third-order valence-corrected chi connectivity index (χ3v) is 4.20. The minimum Gasteiger partial charge on any atom is -0.495 e. The highest BCUT2D eigenvalue weighted by Gasteiger charge is 2.12. The molecular formula is C20H19ClN2O4. The Labute approximate surface area is 161 Å². The Bertz CT molecular complexity index is 895. The normalized spacial score (nSPS) is 11.7. The van der Waals surface area contributed by atoms with Gasteiger partial charge in [0, 0.05) is 17.1 Å². The van der Waals surface area contributed by atoms with Crippen molar-refractivity contribution < 1.29 is 19.1 Å². The lowest BCUT2D eigenvalue weighted by atomic mass is 10.1. The Morgan fingerprint density at radius 3 is 2.67 bits per heavy atom. The average Bonchev–Trinajstić information content (AvgIpc) is 3.21. The zero-order valence-corrected chi connectivity index (χ0v) is 15.4. The first-order chi connectivity index (χ1) is 13.1. The summed E-state index contributed by atoms with van der Waals surface area (Å²) in [6.07, 6.45) is 0.762. The van der Waals surface area contributed by atoms with E-state index >= 15 is 0 Å². The van der Waals surface area contributed by atoms with E-state index in [0.29, 0.717) is 22.0 Å². The summed E-state index contributed by atoms with van der Waals surface area (Å²) in [6, 6.07) is 15.4. The number of halogens is 1. The maximum absolute atomic E-state index is 12.1. The molecule has 0 bridgehead atoms. The molecule has 0 aliphatic rings. The van der Waals surface area contributed by atoms with Crippen molar-refractivity contribution in [2.24, 2.45) is 0 Å². The Hall–Kier alpha value is -2.96. The van der Waals surface area contributed by atoms with Gasteiger partial charge in [-0.15, -0.1) is 0 Å². The average molecular weight is 387 g/mol. The van der Waals surface area contributed by atoms with Crippen LogP contribution in [-0.2, 0) is 0 Å². The maximum atomic E-state index is 12.1. The van der Waals surface area contributed by atoms with E-state index in [0.717, 1.165) is 11.3 Å². The van der Waals surface area contributed by atoms with Crippen LogP contribution < -0.4 is 15.4 Å². The van der Waals surface area contributed by atoms with E-state index in [1.165, 1.54) is 7.11 Å². The van der Waals surface area contributed by atoms with Crippen LogP contribution in [0.3, 0.4) is 0 Å². The molecule has 0 aliphatic carbocycles. The van der Waals surface area contributed by atoms with E-state index in [-0.39, 0.29) is 6.54 Å². The van der Waals surface area contributed by atoms with E-state index in [4.69, 9.17) is 20.8 Å². The van der Waals surface area contributed by atoms with Gasteiger partial charge in [-0.25, -0.2) is 4.79 Å². The number of amides is 2. The topological polar surface area (TPSA) is 83.7 Å². The first-order valence-corrected chi connectivity index (χ1v) is 8.65. The Morgan fingerprint density at radius 2 is 2.00 bits per heavy atom. The molecule has 2 aromatic carbocycles. The van der Waals surface area contributed by atoms with Gasteiger partial charge in [-0.05, 0) is 35.9 Å². The highest BCUT2D eigenvalue weighted by atomic mass is 35.5. The van der Waals surface area contributed by atoms with Gasteiger partial charge in [0.1, 0.15) is 11.5 Å². The fourth-order valence-electron chi connectivity index (χ4n) is 2.56. The molecule has 3 N–H and O–H groups in total. The van der Waals surface area contributed by atoms with Crippen LogP contribution >= 0.6 is 11.6 Å². The van der Waals surface area contributed by atoms with E-state index in [1.54, 1.807) is 36.6 Å². The molecule has 0 saturated heterocycles. The summed E-state index contributed by atoms with van der Waals surface area (Å²) in [5.41, 5.74) is 2.04. The zero-order chi connectivity index (χ0) is 19.2. The molecule has 0 spiro atoms. The number of furan rings is 1. The fraction of sp³-hybridized carbons (Fsp3) is 0.150.